The number of carbonyl (C=O) groups is 1. The molecule has 0 bridgehead atoms. The summed E-state index contributed by atoms with van der Waals surface area (Å²) in [6.07, 6.45) is 3.62. The average Bonchev–Trinajstić information content (AvgIpc) is 3.10. The molecule has 2 N–H and O–H groups in total. The second kappa shape index (κ2) is 5.89. The van der Waals surface area contributed by atoms with Crippen molar-refractivity contribution < 1.29 is 14.6 Å². The fourth-order valence-electron chi connectivity index (χ4n) is 3.08. The normalized spacial score (nSPS) is 16.9. The standard InChI is InChI=1S/C17H21NO3S/c1-11-13-9-12(21-2)5-6-14(13)22-15(11)16(19)18-10-17(20)7-3-4-8-17/h5-6,9,20H,3-4,7-8,10H2,1-2H3,(H,18,19). The summed E-state index contributed by atoms with van der Waals surface area (Å²) in [5.74, 6) is 0.693. The zero-order chi connectivity index (χ0) is 15.7. The van der Waals surface area contributed by atoms with Crippen molar-refractivity contribution in [2.75, 3.05) is 13.7 Å². The lowest BCUT2D eigenvalue weighted by Crippen LogP contribution is -2.40. The van der Waals surface area contributed by atoms with Gasteiger partial charge in [0.15, 0.2) is 0 Å². The molecule has 1 amide bonds. The van der Waals surface area contributed by atoms with Gasteiger partial charge in [0, 0.05) is 11.2 Å². The van der Waals surface area contributed by atoms with Crippen molar-refractivity contribution in [3.63, 3.8) is 0 Å². The van der Waals surface area contributed by atoms with Crippen molar-refractivity contribution in [1.29, 1.82) is 0 Å². The third-order valence-electron chi connectivity index (χ3n) is 4.46. The highest BCUT2D eigenvalue weighted by Crippen LogP contribution is 2.34. The first-order valence-corrected chi connectivity index (χ1v) is 8.42. The Morgan fingerprint density at radius 2 is 2.14 bits per heavy atom. The molecule has 3 rings (SSSR count). The summed E-state index contributed by atoms with van der Waals surface area (Å²) < 4.78 is 6.32. The van der Waals surface area contributed by atoms with E-state index in [1.807, 2.05) is 25.1 Å². The fourth-order valence-corrected chi connectivity index (χ4v) is 4.18. The van der Waals surface area contributed by atoms with E-state index in [0.717, 1.165) is 47.1 Å². The lowest BCUT2D eigenvalue weighted by Gasteiger charge is -2.22. The van der Waals surface area contributed by atoms with E-state index in [4.69, 9.17) is 4.74 Å². The summed E-state index contributed by atoms with van der Waals surface area (Å²) in [6, 6.07) is 5.84. The summed E-state index contributed by atoms with van der Waals surface area (Å²) in [5.41, 5.74) is 0.249. The van der Waals surface area contributed by atoms with Crippen molar-refractivity contribution >= 4 is 27.3 Å². The van der Waals surface area contributed by atoms with Gasteiger partial charge in [-0.2, -0.15) is 0 Å². The molecule has 22 heavy (non-hydrogen) atoms. The fraction of sp³-hybridized carbons (Fsp3) is 0.471. The van der Waals surface area contributed by atoms with E-state index in [-0.39, 0.29) is 5.91 Å². The average molecular weight is 319 g/mol. The molecule has 118 valence electrons. The molecule has 1 heterocycles. The van der Waals surface area contributed by atoms with Crippen LogP contribution in [0, 0.1) is 6.92 Å². The van der Waals surface area contributed by atoms with Gasteiger partial charge in [-0.25, -0.2) is 0 Å². The van der Waals surface area contributed by atoms with Crippen LogP contribution in [0.15, 0.2) is 18.2 Å². The molecule has 1 aliphatic carbocycles. The predicted octanol–water partition coefficient (Wildman–Crippen LogP) is 3.25. The second-order valence-electron chi connectivity index (χ2n) is 6.03. The zero-order valence-corrected chi connectivity index (χ0v) is 13.8. The van der Waals surface area contributed by atoms with Crippen LogP contribution in [0.25, 0.3) is 10.1 Å². The van der Waals surface area contributed by atoms with Crippen LogP contribution in [0.4, 0.5) is 0 Å². The molecule has 1 aromatic heterocycles. The number of hydrogen-bond donors (Lipinski definition) is 2. The van der Waals surface area contributed by atoms with E-state index >= 15 is 0 Å². The number of methoxy groups -OCH3 is 1. The van der Waals surface area contributed by atoms with Crippen LogP contribution in [0.2, 0.25) is 0 Å². The zero-order valence-electron chi connectivity index (χ0n) is 12.9. The summed E-state index contributed by atoms with van der Waals surface area (Å²) >= 11 is 1.48. The molecule has 1 aromatic carbocycles. The maximum atomic E-state index is 12.4. The first-order chi connectivity index (χ1) is 10.5. The number of hydrogen-bond acceptors (Lipinski definition) is 4. The molecule has 0 radical (unpaired) electrons. The van der Waals surface area contributed by atoms with Gasteiger partial charge in [-0.05, 0) is 48.9 Å². The van der Waals surface area contributed by atoms with E-state index in [1.165, 1.54) is 11.3 Å². The molecule has 0 saturated heterocycles. The number of benzene rings is 1. The molecule has 0 unspecified atom stereocenters. The number of fused-ring (bicyclic) bond motifs is 1. The number of thiophene rings is 1. The minimum atomic E-state index is -0.719. The Bertz CT molecular complexity index is 701. The van der Waals surface area contributed by atoms with Gasteiger partial charge in [-0.3, -0.25) is 4.79 Å². The van der Waals surface area contributed by atoms with Crippen molar-refractivity contribution in [3.8, 4) is 5.75 Å². The Labute approximate surface area is 134 Å². The second-order valence-corrected chi connectivity index (χ2v) is 7.08. The van der Waals surface area contributed by atoms with E-state index in [2.05, 4.69) is 5.32 Å². The first kappa shape index (κ1) is 15.3. The van der Waals surface area contributed by atoms with Crippen LogP contribution >= 0.6 is 11.3 Å². The van der Waals surface area contributed by atoms with E-state index < -0.39 is 5.60 Å². The largest absolute Gasteiger partial charge is 0.497 e. The monoisotopic (exact) mass is 319 g/mol. The minimum Gasteiger partial charge on any atom is -0.497 e. The number of carbonyl (C=O) groups excluding carboxylic acids is 1. The predicted molar refractivity (Wildman–Crippen MR) is 88.9 cm³/mol. The highest BCUT2D eigenvalue weighted by Gasteiger charge is 2.31. The molecule has 0 spiro atoms. The molecule has 4 nitrogen and oxygen atoms in total. The molecule has 1 aliphatic rings. The summed E-state index contributed by atoms with van der Waals surface area (Å²) in [4.78, 5) is 13.2. The number of aryl methyl sites for hydroxylation is 1. The molecule has 2 aromatic rings. The third kappa shape index (κ3) is 2.83. The van der Waals surface area contributed by atoms with E-state index in [1.54, 1.807) is 7.11 Å². The molecular formula is C17H21NO3S. The van der Waals surface area contributed by atoms with Gasteiger partial charge in [0.2, 0.25) is 0 Å². The maximum Gasteiger partial charge on any atom is 0.261 e. The molecule has 1 fully saturated rings. The van der Waals surface area contributed by atoms with Crippen molar-refractivity contribution in [2.45, 2.75) is 38.2 Å². The smallest absolute Gasteiger partial charge is 0.261 e. The van der Waals surface area contributed by atoms with E-state index in [9.17, 15) is 9.90 Å². The molecule has 0 aliphatic heterocycles. The van der Waals surface area contributed by atoms with Crippen LogP contribution < -0.4 is 10.1 Å². The number of rotatable bonds is 4. The van der Waals surface area contributed by atoms with Gasteiger partial charge in [0.05, 0.1) is 17.6 Å². The first-order valence-electron chi connectivity index (χ1n) is 7.60. The van der Waals surface area contributed by atoms with Crippen molar-refractivity contribution in [1.82, 2.24) is 5.32 Å². The Morgan fingerprint density at radius 3 is 2.82 bits per heavy atom. The van der Waals surface area contributed by atoms with Crippen LogP contribution in [0.5, 0.6) is 5.75 Å². The Hall–Kier alpha value is -1.59. The van der Waals surface area contributed by atoms with Crippen LogP contribution in [-0.2, 0) is 0 Å². The molecule has 5 heteroatoms. The van der Waals surface area contributed by atoms with Gasteiger partial charge in [0.1, 0.15) is 5.75 Å². The SMILES string of the molecule is COc1ccc2sc(C(=O)NCC3(O)CCCC3)c(C)c2c1. The van der Waals surface area contributed by atoms with Gasteiger partial charge in [-0.15, -0.1) is 11.3 Å². The van der Waals surface area contributed by atoms with Gasteiger partial charge < -0.3 is 15.2 Å². The van der Waals surface area contributed by atoms with Gasteiger partial charge in [0.25, 0.3) is 5.91 Å². The Balaban J connectivity index is 1.80. The molecule has 0 atom stereocenters. The number of ether oxygens (including phenoxy) is 1. The van der Waals surface area contributed by atoms with Crippen LogP contribution in [0.3, 0.4) is 0 Å². The lowest BCUT2D eigenvalue weighted by molar-refractivity contribution is 0.0450. The van der Waals surface area contributed by atoms with Crippen molar-refractivity contribution in [2.24, 2.45) is 0 Å². The molecular weight excluding hydrogens is 298 g/mol. The Kier molecular flexibility index (Phi) is 4.10. The van der Waals surface area contributed by atoms with Crippen LogP contribution in [-0.4, -0.2) is 30.3 Å². The summed E-state index contributed by atoms with van der Waals surface area (Å²) in [6.45, 7) is 2.29. The maximum absolute atomic E-state index is 12.4. The number of amides is 1. The summed E-state index contributed by atoms with van der Waals surface area (Å²) in [7, 11) is 1.64. The highest BCUT2D eigenvalue weighted by molar-refractivity contribution is 7.21. The summed E-state index contributed by atoms with van der Waals surface area (Å²) in [5, 5.41) is 14.3. The van der Waals surface area contributed by atoms with Gasteiger partial charge >= 0.3 is 0 Å². The quantitative estimate of drug-likeness (QED) is 0.909. The van der Waals surface area contributed by atoms with E-state index in [0.29, 0.717) is 11.4 Å². The number of nitrogens with one attached hydrogen (secondary N) is 1. The van der Waals surface area contributed by atoms with Crippen molar-refractivity contribution in [3.05, 3.63) is 28.6 Å². The highest BCUT2D eigenvalue weighted by atomic mass is 32.1. The minimum absolute atomic E-state index is 0.0991. The van der Waals surface area contributed by atoms with Gasteiger partial charge in [-0.1, -0.05) is 12.8 Å². The Morgan fingerprint density at radius 1 is 1.41 bits per heavy atom. The van der Waals surface area contributed by atoms with Crippen LogP contribution in [0.1, 0.15) is 40.9 Å². The number of aliphatic hydroxyl groups is 1. The lowest BCUT2D eigenvalue weighted by atomic mass is 10.0. The molecule has 1 saturated carbocycles. The third-order valence-corrected chi connectivity index (χ3v) is 5.73. The topological polar surface area (TPSA) is 58.6 Å².